The third kappa shape index (κ3) is 2.52. The molecule has 2 aliphatic heterocycles. The van der Waals surface area contributed by atoms with E-state index in [1.54, 1.807) is 12.3 Å². The van der Waals surface area contributed by atoms with Crippen LogP contribution in [0.25, 0.3) is 0 Å². The number of rotatable bonds is 1. The monoisotopic (exact) mass is 301 g/mol. The van der Waals surface area contributed by atoms with Crippen molar-refractivity contribution in [1.82, 2.24) is 14.8 Å². The average Bonchev–Trinajstić information content (AvgIpc) is 3.28. The van der Waals surface area contributed by atoms with E-state index >= 15 is 0 Å². The molecular weight excluding hydrogens is 278 g/mol. The summed E-state index contributed by atoms with van der Waals surface area (Å²) >= 11 is 0. The molecule has 0 aromatic carbocycles. The van der Waals surface area contributed by atoms with E-state index in [-0.39, 0.29) is 17.1 Å². The van der Waals surface area contributed by atoms with Crippen molar-refractivity contribution in [2.45, 2.75) is 36.9 Å². The summed E-state index contributed by atoms with van der Waals surface area (Å²) in [4.78, 5) is 21.4. The van der Waals surface area contributed by atoms with Crippen molar-refractivity contribution >= 4 is 5.91 Å². The molecule has 5 heteroatoms. The summed E-state index contributed by atoms with van der Waals surface area (Å²) in [6, 6.07) is 5.52. The first-order valence-corrected chi connectivity index (χ1v) is 8.19. The summed E-state index contributed by atoms with van der Waals surface area (Å²) in [5.74, 6) is 0.0495. The number of aromatic nitrogens is 1. The van der Waals surface area contributed by atoms with Gasteiger partial charge >= 0.3 is 0 Å². The third-order valence-electron chi connectivity index (χ3n) is 5.27. The predicted molar refractivity (Wildman–Crippen MR) is 82.7 cm³/mol. The summed E-state index contributed by atoms with van der Waals surface area (Å²) in [7, 11) is 2.15. The van der Waals surface area contributed by atoms with E-state index in [0.717, 1.165) is 45.3 Å². The lowest BCUT2D eigenvalue weighted by atomic mass is 9.88. The first-order chi connectivity index (χ1) is 10.6. The Kier molecular flexibility index (Phi) is 3.24. The standard InChI is InChI=1S/C17H23N3O2/c1-19-10-7-17(8-11-19)13-20(12-16(22-17)5-6-16)15(21)14-4-2-3-9-18-14/h2-4,9H,5-8,10-13H2,1H3. The van der Waals surface area contributed by atoms with Crippen LogP contribution in [0.5, 0.6) is 0 Å². The average molecular weight is 301 g/mol. The van der Waals surface area contributed by atoms with Gasteiger partial charge in [0.25, 0.3) is 5.91 Å². The van der Waals surface area contributed by atoms with Crippen LogP contribution in [-0.4, -0.2) is 65.1 Å². The fraction of sp³-hybridized carbons (Fsp3) is 0.647. The van der Waals surface area contributed by atoms with Gasteiger partial charge in [0.05, 0.1) is 24.3 Å². The third-order valence-corrected chi connectivity index (χ3v) is 5.27. The number of morpholine rings is 1. The van der Waals surface area contributed by atoms with Crippen molar-refractivity contribution in [3.8, 4) is 0 Å². The van der Waals surface area contributed by atoms with Crippen molar-refractivity contribution in [2.24, 2.45) is 0 Å². The normalized spacial score (nSPS) is 26.3. The molecule has 3 aliphatic rings. The number of likely N-dealkylation sites (tertiary alicyclic amines) is 1. The molecule has 0 bridgehead atoms. The topological polar surface area (TPSA) is 45.7 Å². The lowest BCUT2D eigenvalue weighted by Gasteiger charge is -2.50. The molecule has 22 heavy (non-hydrogen) atoms. The molecule has 1 aromatic heterocycles. The van der Waals surface area contributed by atoms with Gasteiger partial charge in [-0.25, -0.2) is 0 Å². The van der Waals surface area contributed by atoms with Crippen molar-refractivity contribution in [1.29, 1.82) is 0 Å². The van der Waals surface area contributed by atoms with Crippen LogP contribution in [0.15, 0.2) is 24.4 Å². The molecule has 2 spiro atoms. The molecule has 2 saturated heterocycles. The van der Waals surface area contributed by atoms with Gasteiger partial charge in [0.1, 0.15) is 5.69 Å². The molecule has 0 atom stereocenters. The lowest BCUT2D eigenvalue weighted by molar-refractivity contribution is -0.178. The Morgan fingerprint density at radius 2 is 1.82 bits per heavy atom. The molecule has 0 N–H and O–H groups in total. The SMILES string of the molecule is CN1CCC2(CC1)CN(C(=O)c1ccccn1)CC1(CC1)O2. The number of pyridine rings is 1. The molecule has 3 fully saturated rings. The van der Waals surface area contributed by atoms with E-state index in [1.807, 2.05) is 17.0 Å². The van der Waals surface area contributed by atoms with Gasteiger partial charge in [-0.05, 0) is 44.9 Å². The Bertz CT molecular complexity index is 563. The molecule has 1 amide bonds. The number of ether oxygens (including phenoxy) is 1. The molecule has 1 saturated carbocycles. The van der Waals surface area contributed by atoms with Crippen molar-refractivity contribution < 1.29 is 9.53 Å². The van der Waals surface area contributed by atoms with Crippen LogP contribution in [0.4, 0.5) is 0 Å². The minimum absolute atomic E-state index is 0.0495. The smallest absolute Gasteiger partial charge is 0.272 e. The summed E-state index contributed by atoms with van der Waals surface area (Å²) in [6.45, 7) is 3.52. The van der Waals surface area contributed by atoms with Crippen LogP contribution < -0.4 is 0 Å². The van der Waals surface area contributed by atoms with Gasteiger partial charge in [-0.2, -0.15) is 0 Å². The first kappa shape index (κ1) is 14.2. The highest BCUT2D eigenvalue weighted by Crippen LogP contribution is 2.49. The van der Waals surface area contributed by atoms with Crippen molar-refractivity contribution in [3.63, 3.8) is 0 Å². The number of hydrogen-bond donors (Lipinski definition) is 0. The fourth-order valence-electron chi connectivity index (χ4n) is 3.76. The Morgan fingerprint density at radius 1 is 1.14 bits per heavy atom. The van der Waals surface area contributed by atoms with E-state index in [1.165, 1.54) is 0 Å². The zero-order valence-corrected chi connectivity index (χ0v) is 13.1. The van der Waals surface area contributed by atoms with Gasteiger partial charge in [-0.3, -0.25) is 9.78 Å². The second-order valence-corrected chi connectivity index (χ2v) is 7.15. The van der Waals surface area contributed by atoms with E-state index in [9.17, 15) is 4.79 Å². The van der Waals surface area contributed by atoms with E-state index in [0.29, 0.717) is 12.2 Å². The highest BCUT2D eigenvalue weighted by atomic mass is 16.5. The van der Waals surface area contributed by atoms with E-state index in [2.05, 4.69) is 16.9 Å². The first-order valence-electron chi connectivity index (χ1n) is 8.19. The highest BCUT2D eigenvalue weighted by molar-refractivity contribution is 5.92. The number of carbonyl (C=O) groups excluding carboxylic acids is 1. The number of nitrogens with zero attached hydrogens (tertiary/aromatic N) is 3. The molecule has 118 valence electrons. The van der Waals surface area contributed by atoms with E-state index < -0.39 is 0 Å². The van der Waals surface area contributed by atoms with Crippen LogP contribution in [0.1, 0.15) is 36.2 Å². The van der Waals surface area contributed by atoms with Crippen LogP contribution in [0.2, 0.25) is 0 Å². The van der Waals surface area contributed by atoms with Crippen LogP contribution in [0.3, 0.4) is 0 Å². The zero-order valence-electron chi connectivity index (χ0n) is 13.1. The van der Waals surface area contributed by atoms with Crippen molar-refractivity contribution in [3.05, 3.63) is 30.1 Å². The number of carbonyl (C=O) groups is 1. The molecule has 0 radical (unpaired) electrons. The Morgan fingerprint density at radius 3 is 2.41 bits per heavy atom. The van der Waals surface area contributed by atoms with Crippen LogP contribution in [0, 0.1) is 0 Å². The zero-order chi connectivity index (χ0) is 15.2. The van der Waals surface area contributed by atoms with Gasteiger partial charge in [0.2, 0.25) is 0 Å². The maximum absolute atomic E-state index is 12.8. The minimum Gasteiger partial charge on any atom is -0.365 e. The minimum atomic E-state index is -0.147. The van der Waals surface area contributed by atoms with Crippen molar-refractivity contribution in [2.75, 3.05) is 33.2 Å². The van der Waals surface area contributed by atoms with Crippen LogP contribution >= 0.6 is 0 Å². The van der Waals surface area contributed by atoms with E-state index in [4.69, 9.17) is 4.74 Å². The lowest BCUT2D eigenvalue weighted by Crippen LogP contribution is -2.61. The summed E-state index contributed by atoms with van der Waals surface area (Å²) in [5, 5.41) is 0. The maximum Gasteiger partial charge on any atom is 0.272 e. The Balaban J connectivity index is 1.57. The predicted octanol–water partition coefficient (Wildman–Crippen LogP) is 1.55. The molecule has 4 rings (SSSR count). The van der Waals surface area contributed by atoms with Gasteiger partial charge in [0.15, 0.2) is 0 Å². The molecule has 1 aromatic rings. The number of amides is 1. The molecule has 5 nitrogen and oxygen atoms in total. The number of hydrogen-bond acceptors (Lipinski definition) is 4. The molecule has 3 heterocycles. The van der Waals surface area contributed by atoms with Crippen LogP contribution in [-0.2, 0) is 4.74 Å². The fourth-order valence-corrected chi connectivity index (χ4v) is 3.76. The second-order valence-electron chi connectivity index (χ2n) is 7.15. The molecule has 1 aliphatic carbocycles. The largest absolute Gasteiger partial charge is 0.365 e. The van der Waals surface area contributed by atoms with Gasteiger partial charge in [-0.1, -0.05) is 6.07 Å². The van der Waals surface area contributed by atoms with Gasteiger partial charge in [0, 0.05) is 19.3 Å². The Labute approximate surface area is 131 Å². The van der Waals surface area contributed by atoms with Gasteiger partial charge < -0.3 is 14.5 Å². The molecule has 0 unspecified atom stereocenters. The maximum atomic E-state index is 12.8. The quantitative estimate of drug-likeness (QED) is 0.789. The molecular formula is C17H23N3O2. The van der Waals surface area contributed by atoms with Gasteiger partial charge in [-0.15, -0.1) is 0 Å². The highest BCUT2D eigenvalue weighted by Gasteiger charge is 2.56. The second kappa shape index (κ2) is 5.03. The summed E-state index contributed by atoms with van der Waals surface area (Å²) in [5.41, 5.74) is 0.327. The number of piperidine rings is 1. The summed E-state index contributed by atoms with van der Waals surface area (Å²) < 4.78 is 6.54. The Hall–Kier alpha value is -1.46. The summed E-state index contributed by atoms with van der Waals surface area (Å²) in [6.07, 6.45) is 5.87.